The van der Waals surface area contributed by atoms with Crippen molar-refractivity contribution < 1.29 is 14.6 Å². The zero-order valence-corrected chi connectivity index (χ0v) is 22.5. The lowest BCUT2D eigenvalue weighted by molar-refractivity contribution is 0.0283. The summed E-state index contributed by atoms with van der Waals surface area (Å²) in [7, 11) is 1.74. The average molecular weight is 524 g/mol. The normalized spacial score (nSPS) is 14.6. The van der Waals surface area contributed by atoms with E-state index < -0.39 is 5.60 Å². The van der Waals surface area contributed by atoms with Crippen molar-refractivity contribution in [1.29, 1.82) is 0 Å². The van der Waals surface area contributed by atoms with Gasteiger partial charge in [0.2, 0.25) is 0 Å². The molecule has 3 aromatic heterocycles. The SMILES string of the molecule is C#Cc1ccc(OC2CCN(c3ccc(-c4cc(OCC(C)(C)O)cn5ncc(C=NC)c45)cn3)CC2)cc1. The van der Waals surface area contributed by atoms with Gasteiger partial charge in [0.05, 0.1) is 23.5 Å². The minimum absolute atomic E-state index is 0.162. The van der Waals surface area contributed by atoms with Crippen LogP contribution in [-0.2, 0) is 0 Å². The van der Waals surface area contributed by atoms with Crippen LogP contribution in [0.3, 0.4) is 0 Å². The number of aliphatic imine (C=N–C) groups is 1. The Morgan fingerprint density at radius 3 is 2.54 bits per heavy atom. The second-order valence-corrected chi connectivity index (χ2v) is 10.3. The Morgan fingerprint density at radius 2 is 1.90 bits per heavy atom. The minimum atomic E-state index is -0.951. The largest absolute Gasteiger partial charge is 0.490 e. The fourth-order valence-corrected chi connectivity index (χ4v) is 4.67. The van der Waals surface area contributed by atoms with Gasteiger partial charge in [0.25, 0.3) is 0 Å². The van der Waals surface area contributed by atoms with Gasteiger partial charge in [0.1, 0.15) is 30.0 Å². The predicted molar refractivity (Wildman–Crippen MR) is 154 cm³/mol. The highest BCUT2D eigenvalue weighted by Crippen LogP contribution is 2.32. The highest BCUT2D eigenvalue weighted by atomic mass is 16.5. The molecule has 1 N–H and O–H groups in total. The van der Waals surface area contributed by atoms with Crippen molar-refractivity contribution in [3.8, 4) is 35.0 Å². The predicted octanol–water partition coefficient (Wildman–Crippen LogP) is 4.62. The van der Waals surface area contributed by atoms with Crippen LogP contribution in [0.5, 0.6) is 11.5 Å². The van der Waals surface area contributed by atoms with E-state index in [0.29, 0.717) is 5.75 Å². The van der Waals surface area contributed by atoms with E-state index in [1.165, 1.54) is 0 Å². The molecule has 0 atom stereocenters. The number of piperidine rings is 1. The maximum absolute atomic E-state index is 10.1. The second kappa shape index (κ2) is 11.2. The van der Waals surface area contributed by atoms with Gasteiger partial charge < -0.3 is 19.5 Å². The highest BCUT2D eigenvalue weighted by molar-refractivity contribution is 5.96. The molecule has 0 aliphatic carbocycles. The first kappa shape index (κ1) is 26.3. The summed E-state index contributed by atoms with van der Waals surface area (Å²) in [5, 5.41) is 14.6. The summed E-state index contributed by atoms with van der Waals surface area (Å²) in [5.74, 6) is 5.03. The van der Waals surface area contributed by atoms with Gasteiger partial charge in [-0.05, 0) is 56.3 Å². The van der Waals surface area contributed by atoms with Gasteiger partial charge in [-0.25, -0.2) is 9.50 Å². The Hall–Kier alpha value is -4.35. The van der Waals surface area contributed by atoms with Crippen LogP contribution < -0.4 is 14.4 Å². The molecular weight excluding hydrogens is 490 g/mol. The Labute approximate surface area is 228 Å². The first-order valence-corrected chi connectivity index (χ1v) is 13.1. The number of fused-ring (bicyclic) bond motifs is 1. The van der Waals surface area contributed by atoms with E-state index in [0.717, 1.165) is 65.3 Å². The van der Waals surface area contributed by atoms with Gasteiger partial charge in [0, 0.05) is 67.6 Å². The first-order chi connectivity index (χ1) is 18.8. The molecule has 4 aromatic rings. The van der Waals surface area contributed by atoms with E-state index >= 15 is 0 Å². The molecule has 39 heavy (non-hydrogen) atoms. The maximum atomic E-state index is 10.1. The molecular formula is C31H33N5O3. The smallest absolute Gasteiger partial charge is 0.138 e. The van der Waals surface area contributed by atoms with Crippen molar-refractivity contribution in [1.82, 2.24) is 14.6 Å². The molecule has 1 saturated heterocycles. The molecule has 0 saturated carbocycles. The molecule has 8 nitrogen and oxygen atoms in total. The van der Waals surface area contributed by atoms with Gasteiger partial charge >= 0.3 is 0 Å². The Bertz CT molecular complexity index is 1490. The zero-order valence-electron chi connectivity index (χ0n) is 22.5. The van der Waals surface area contributed by atoms with E-state index in [4.69, 9.17) is 20.9 Å². The number of ether oxygens (including phenoxy) is 2. The number of terminal acetylenes is 1. The van der Waals surface area contributed by atoms with Gasteiger partial charge in [-0.3, -0.25) is 4.99 Å². The van der Waals surface area contributed by atoms with Crippen LogP contribution in [0.15, 0.2) is 66.0 Å². The van der Waals surface area contributed by atoms with Gasteiger partial charge in [-0.2, -0.15) is 5.10 Å². The number of anilines is 1. The van der Waals surface area contributed by atoms with Crippen LogP contribution in [0.4, 0.5) is 5.82 Å². The molecule has 0 radical (unpaired) electrons. The van der Waals surface area contributed by atoms with Crippen LogP contribution in [-0.4, -0.2) is 64.4 Å². The van der Waals surface area contributed by atoms with Crippen molar-refractivity contribution in [2.75, 3.05) is 31.6 Å². The molecule has 0 spiro atoms. The fraction of sp³-hybridized carbons (Fsp3) is 0.323. The molecule has 1 aliphatic rings. The maximum Gasteiger partial charge on any atom is 0.138 e. The number of aromatic nitrogens is 3. The van der Waals surface area contributed by atoms with Crippen molar-refractivity contribution in [2.24, 2.45) is 4.99 Å². The van der Waals surface area contributed by atoms with E-state index in [-0.39, 0.29) is 12.7 Å². The standard InChI is InChI=1S/C31H33N5O3/c1-5-22-6-9-25(10-7-22)39-26-12-14-35(15-13-26)29-11-8-23(18-33-29)28-16-27(38-21-31(2,3)37)20-36-30(28)24(17-32-4)19-34-36/h1,6-11,16-20,26,37H,12-15,21H2,2-4H3. The summed E-state index contributed by atoms with van der Waals surface area (Å²) >= 11 is 0. The summed E-state index contributed by atoms with van der Waals surface area (Å²) in [6.45, 7) is 5.32. The molecule has 0 bridgehead atoms. The van der Waals surface area contributed by atoms with Crippen molar-refractivity contribution >= 4 is 17.5 Å². The molecule has 1 aromatic carbocycles. The summed E-state index contributed by atoms with van der Waals surface area (Å²) in [4.78, 5) is 11.3. The lowest BCUT2D eigenvalue weighted by Gasteiger charge is -2.33. The topological polar surface area (TPSA) is 84.5 Å². The second-order valence-electron chi connectivity index (χ2n) is 10.3. The number of hydrogen-bond donors (Lipinski definition) is 1. The number of aliphatic hydroxyl groups is 1. The molecule has 4 heterocycles. The van der Waals surface area contributed by atoms with Crippen molar-refractivity contribution in [3.05, 3.63) is 72.2 Å². The lowest BCUT2D eigenvalue weighted by atomic mass is 10.0. The zero-order chi connectivity index (χ0) is 27.4. The molecule has 0 amide bonds. The molecule has 200 valence electrons. The van der Waals surface area contributed by atoms with Crippen molar-refractivity contribution in [2.45, 2.75) is 38.4 Å². The minimum Gasteiger partial charge on any atom is -0.490 e. The van der Waals surface area contributed by atoms with Gasteiger partial charge in [0.15, 0.2) is 0 Å². The third-order valence-corrected chi connectivity index (χ3v) is 6.62. The number of rotatable bonds is 8. The van der Waals surface area contributed by atoms with E-state index in [1.54, 1.807) is 37.8 Å². The van der Waals surface area contributed by atoms with Crippen LogP contribution in [0.1, 0.15) is 37.8 Å². The van der Waals surface area contributed by atoms with Gasteiger partial charge in [-0.15, -0.1) is 6.42 Å². The van der Waals surface area contributed by atoms with Crippen molar-refractivity contribution in [3.63, 3.8) is 0 Å². The van der Waals surface area contributed by atoms with Crippen LogP contribution in [0, 0.1) is 12.3 Å². The Kier molecular flexibility index (Phi) is 7.53. The third kappa shape index (κ3) is 6.21. The summed E-state index contributed by atoms with van der Waals surface area (Å²) in [6, 6.07) is 13.8. The number of hydrogen-bond acceptors (Lipinski definition) is 7. The number of benzene rings is 1. The van der Waals surface area contributed by atoms with Crippen LogP contribution in [0.25, 0.3) is 16.6 Å². The average Bonchev–Trinajstić information content (AvgIpc) is 3.35. The molecule has 1 aliphatic heterocycles. The number of nitrogens with zero attached hydrogens (tertiary/aromatic N) is 5. The van der Waals surface area contributed by atoms with E-state index in [1.807, 2.05) is 42.7 Å². The summed E-state index contributed by atoms with van der Waals surface area (Å²) in [5.41, 5.74) is 3.59. The monoisotopic (exact) mass is 523 g/mol. The highest BCUT2D eigenvalue weighted by Gasteiger charge is 2.22. The fourth-order valence-electron chi connectivity index (χ4n) is 4.67. The first-order valence-electron chi connectivity index (χ1n) is 13.1. The van der Waals surface area contributed by atoms with Gasteiger partial charge in [-0.1, -0.05) is 5.92 Å². The van der Waals surface area contributed by atoms with E-state index in [9.17, 15) is 5.11 Å². The van der Waals surface area contributed by atoms with Crippen LogP contribution >= 0.6 is 0 Å². The molecule has 5 rings (SSSR count). The summed E-state index contributed by atoms with van der Waals surface area (Å²) in [6.07, 6.45) is 14.7. The Balaban J connectivity index is 1.32. The molecule has 8 heteroatoms. The number of pyridine rings is 2. The summed E-state index contributed by atoms with van der Waals surface area (Å²) < 4.78 is 13.9. The molecule has 0 unspecified atom stereocenters. The van der Waals surface area contributed by atoms with E-state index in [2.05, 4.69) is 33.0 Å². The van der Waals surface area contributed by atoms with Crippen LogP contribution in [0.2, 0.25) is 0 Å². The molecule has 1 fully saturated rings. The third-order valence-electron chi connectivity index (χ3n) is 6.62. The lowest BCUT2D eigenvalue weighted by Crippen LogP contribution is -2.38. The Morgan fingerprint density at radius 1 is 1.13 bits per heavy atom. The quantitative estimate of drug-likeness (QED) is 0.268.